The zero-order valence-electron chi connectivity index (χ0n) is 14.6. The molecule has 1 aromatic carbocycles. The number of benzene rings is 1. The van der Waals surface area contributed by atoms with Crippen molar-refractivity contribution in [3.63, 3.8) is 0 Å². The molecule has 0 aliphatic carbocycles. The molecule has 2 rings (SSSR count). The van der Waals surface area contributed by atoms with Crippen molar-refractivity contribution >= 4 is 21.7 Å². The highest BCUT2D eigenvalue weighted by molar-refractivity contribution is 7.89. The molecule has 0 saturated carbocycles. The van der Waals surface area contributed by atoms with Crippen molar-refractivity contribution in [1.82, 2.24) is 9.97 Å². The van der Waals surface area contributed by atoms with E-state index in [4.69, 9.17) is 5.14 Å². The van der Waals surface area contributed by atoms with Gasteiger partial charge in [-0.1, -0.05) is 25.5 Å². The van der Waals surface area contributed by atoms with Gasteiger partial charge in [0.2, 0.25) is 10.0 Å². The number of anilines is 2. The summed E-state index contributed by atoms with van der Waals surface area (Å²) in [6.45, 7) is 3.81. The number of hydrogen-bond acceptors (Lipinski definition) is 6. The van der Waals surface area contributed by atoms with Gasteiger partial charge >= 0.3 is 0 Å². The van der Waals surface area contributed by atoms with Gasteiger partial charge < -0.3 is 10.2 Å². The Morgan fingerprint density at radius 2 is 1.92 bits per heavy atom. The Bertz CT molecular complexity index is 778. The Labute approximate surface area is 149 Å². The van der Waals surface area contributed by atoms with Crippen LogP contribution in [0.2, 0.25) is 0 Å². The fourth-order valence-electron chi connectivity index (χ4n) is 2.34. The summed E-state index contributed by atoms with van der Waals surface area (Å²) in [5, 5.41) is 8.36. The first-order chi connectivity index (χ1) is 11.9. The van der Waals surface area contributed by atoms with E-state index in [0.717, 1.165) is 43.0 Å². The van der Waals surface area contributed by atoms with Crippen LogP contribution in [0.15, 0.2) is 41.6 Å². The maximum absolute atomic E-state index is 11.2. The van der Waals surface area contributed by atoms with Gasteiger partial charge in [-0.3, -0.25) is 0 Å². The summed E-state index contributed by atoms with van der Waals surface area (Å²) in [6.07, 6.45) is 4.57. The Hall–Kier alpha value is -2.19. The van der Waals surface area contributed by atoms with Gasteiger partial charge in [0.15, 0.2) is 0 Å². The molecule has 136 valence electrons. The zero-order chi connectivity index (χ0) is 18.3. The van der Waals surface area contributed by atoms with Gasteiger partial charge in [0, 0.05) is 26.2 Å². The minimum atomic E-state index is -3.64. The van der Waals surface area contributed by atoms with Gasteiger partial charge in [-0.25, -0.2) is 23.5 Å². The normalized spacial score (nSPS) is 11.3. The van der Waals surface area contributed by atoms with Gasteiger partial charge in [0.1, 0.15) is 18.0 Å². The average molecular weight is 363 g/mol. The predicted molar refractivity (Wildman–Crippen MR) is 100 cm³/mol. The molecule has 7 nitrogen and oxygen atoms in total. The lowest BCUT2D eigenvalue weighted by Gasteiger charge is -2.18. The van der Waals surface area contributed by atoms with Crippen LogP contribution in [-0.2, 0) is 16.4 Å². The maximum Gasteiger partial charge on any atom is 0.238 e. The van der Waals surface area contributed by atoms with Crippen molar-refractivity contribution < 1.29 is 8.42 Å². The van der Waals surface area contributed by atoms with Gasteiger partial charge in [-0.05, 0) is 30.5 Å². The van der Waals surface area contributed by atoms with E-state index in [9.17, 15) is 8.42 Å². The number of rotatable bonds is 9. The molecule has 0 aliphatic heterocycles. The van der Waals surface area contributed by atoms with Crippen molar-refractivity contribution in [3.8, 4) is 0 Å². The Balaban J connectivity index is 1.89. The molecule has 0 fully saturated rings. The van der Waals surface area contributed by atoms with Crippen LogP contribution in [0.1, 0.15) is 25.3 Å². The second kappa shape index (κ2) is 8.77. The molecule has 0 amide bonds. The highest BCUT2D eigenvalue weighted by Crippen LogP contribution is 2.14. The lowest BCUT2D eigenvalue weighted by atomic mass is 10.1. The first-order valence-electron chi connectivity index (χ1n) is 8.29. The maximum atomic E-state index is 11.2. The largest absolute Gasteiger partial charge is 0.370 e. The third-order valence-electron chi connectivity index (χ3n) is 3.86. The standard InChI is InChI=1S/C17H25N5O2S/c1-3-4-11-22(2)17-12-16(20-13-21-17)19-10-9-14-5-7-15(8-6-14)25(18,23)24/h5-8,12-13H,3-4,9-11H2,1-2H3,(H2,18,23,24)(H,19,20,21). The van der Waals surface area contributed by atoms with Gasteiger partial charge in [-0.2, -0.15) is 0 Å². The number of nitrogens with two attached hydrogens (primary N) is 1. The smallest absolute Gasteiger partial charge is 0.238 e. The first kappa shape index (κ1) is 19.1. The molecule has 0 spiro atoms. The fraction of sp³-hybridized carbons (Fsp3) is 0.412. The lowest BCUT2D eigenvalue weighted by molar-refractivity contribution is 0.598. The van der Waals surface area contributed by atoms with E-state index >= 15 is 0 Å². The summed E-state index contributed by atoms with van der Waals surface area (Å²) in [4.78, 5) is 10.8. The number of nitrogens with zero attached hydrogens (tertiary/aromatic N) is 3. The molecule has 0 saturated heterocycles. The molecule has 0 bridgehead atoms. The first-order valence-corrected chi connectivity index (χ1v) is 9.83. The SMILES string of the molecule is CCCCN(C)c1cc(NCCc2ccc(S(N)(=O)=O)cc2)ncn1. The zero-order valence-corrected chi connectivity index (χ0v) is 15.5. The molecule has 2 aromatic rings. The molecular formula is C17H25N5O2S. The van der Waals surface area contributed by atoms with Crippen LogP contribution in [0, 0.1) is 0 Å². The topological polar surface area (TPSA) is 101 Å². The van der Waals surface area contributed by atoms with E-state index in [0.29, 0.717) is 6.54 Å². The molecule has 0 radical (unpaired) electrons. The molecule has 25 heavy (non-hydrogen) atoms. The monoisotopic (exact) mass is 363 g/mol. The van der Waals surface area contributed by atoms with E-state index in [-0.39, 0.29) is 4.90 Å². The molecular weight excluding hydrogens is 338 g/mol. The quantitative estimate of drug-likeness (QED) is 0.707. The van der Waals surface area contributed by atoms with Crippen molar-refractivity contribution in [1.29, 1.82) is 0 Å². The van der Waals surface area contributed by atoms with E-state index in [1.54, 1.807) is 18.5 Å². The Morgan fingerprint density at radius 1 is 1.20 bits per heavy atom. The number of unbranched alkanes of at least 4 members (excludes halogenated alkanes) is 1. The Kier molecular flexibility index (Phi) is 6.72. The van der Waals surface area contributed by atoms with Gasteiger partial charge in [0.05, 0.1) is 4.90 Å². The average Bonchev–Trinajstić information content (AvgIpc) is 2.59. The molecule has 1 aromatic heterocycles. The number of nitrogens with one attached hydrogen (secondary N) is 1. The van der Waals surface area contributed by atoms with Crippen LogP contribution < -0.4 is 15.4 Å². The molecule has 1 heterocycles. The van der Waals surface area contributed by atoms with Crippen molar-refractivity contribution in [2.75, 3.05) is 30.4 Å². The summed E-state index contributed by atoms with van der Waals surface area (Å²) >= 11 is 0. The van der Waals surface area contributed by atoms with E-state index in [1.165, 1.54) is 12.1 Å². The van der Waals surface area contributed by atoms with Crippen molar-refractivity contribution in [3.05, 3.63) is 42.2 Å². The Morgan fingerprint density at radius 3 is 2.56 bits per heavy atom. The summed E-state index contributed by atoms with van der Waals surface area (Å²) in [5.74, 6) is 1.66. The minimum Gasteiger partial charge on any atom is -0.370 e. The summed E-state index contributed by atoms with van der Waals surface area (Å²) < 4.78 is 22.5. The van der Waals surface area contributed by atoms with Crippen LogP contribution in [-0.4, -0.2) is 38.5 Å². The van der Waals surface area contributed by atoms with Crippen LogP contribution in [0.25, 0.3) is 0 Å². The van der Waals surface area contributed by atoms with Crippen LogP contribution in [0.4, 0.5) is 11.6 Å². The second-order valence-electron chi connectivity index (χ2n) is 5.90. The van der Waals surface area contributed by atoms with E-state index in [2.05, 4.69) is 27.1 Å². The molecule has 0 atom stereocenters. The van der Waals surface area contributed by atoms with Crippen LogP contribution >= 0.6 is 0 Å². The van der Waals surface area contributed by atoms with E-state index < -0.39 is 10.0 Å². The summed E-state index contributed by atoms with van der Waals surface area (Å²) in [5.41, 5.74) is 1.02. The van der Waals surface area contributed by atoms with E-state index in [1.807, 2.05) is 13.1 Å². The fourth-order valence-corrected chi connectivity index (χ4v) is 2.86. The number of sulfonamides is 1. The van der Waals surface area contributed by atoms with Crippen LogP contribution in [0.3, 0.4) is 0 Å². The third-order valence-corrected chi connectivity index (χ3v) is 4.79. The van der Waals surface area contributed by atoms with Gasteiger partial charge in [0.25, 0.3) is 0 Å². The lowest BCUT2D eigenvalue weighted by Crippen LogP contribution is -2.20. The molecule has 0 unspecified atom stereocenters. The van der Waals surface area contributed by atoms with Crippen LogP contribution in [0.5, 0.6) is 0 Å². The van der Waals surface area contributed by atoms with Gasteiger partial charge in [-0.15, -0.1) is 0 Å². The predicted octanol–water partition coefficient (Wildman–Crippen LogP) is 2.01. The number of primary sulfonamides is 1. The molecule has 8 heteroatoms. The third kappa shape index (κ3) is 5.99. The molecule has 0 aliphatic rings. The summed E-state index contributed by atoms with van der Waals surface area (Å²) in [6, 6.07) is 8.52. The highest BCUT2D eigenvalue weighted by Gasteiger charge is 2.07. The minimum absolute atomic E-state index is 0.125. The summed E-state index contributed by atoms with van der Waals surface area (Å²) in [7, 11) is -1.62. The van der Waals surface area contributed by atoms with Crippen molar-refractivity contribution in [2.45, 2.75) is 31.1 Å². The highest BCUT2D eigenvalue weighted by atomic mass is 32.2. The number of aromatic nitrogens is 2. The number of hydrogen-bond donors (Lipinski definition) is 2. The van der Waals surface area contributed by atoms with Crippen molar-refractivity contribution in [2.24, 2.45) is 5.14 Å². The molecule has 3 N–H and O–H groups in total. The second-order valence-corrected chi connectivity index (χ2v) is 7.46.